The van der Waals surface area contributed by atoms with Gasteiger partial charge in [-0.05, 0) is 44.0 Å². The molecule has 0 bridgehead atoms. The maximum Gasteiger partial charge on any atom is 0.241 e. The van der Waals surface area contributed by atoms with Gasteiger partial charge in [0.25, 0.3) is 0 Å². The number of benzene rings is 1. The van der Waals surface area contributed by atoms with E-state index in [1.807, 2.05) is 0 Å². The quantitative estimate of drug-likeness (QED) is 0.467. The third-order valence-corrected chi connectivity index (χ3v) is 6.14. The van der Waals surface area contributed by atoms with Gasteiger partial charge >= 0.3 is 0 Å². The van der Waals surface area contributed by atoms with Crippen LogP contribution in [0.15, 0.2) is 29.2 Å². The molecule has 3 amide bonds. The summed E-state index contributed by atoms with van der Waals surface area (Å²) in [5.41, 5.74) is 0.470. The second-order valence-electron chi connectivity index (χ2n) is 7.14. The maximum absolute atomic E-state index is 12.4. The Kier molecular flexibility index (Phi) is 8.15. The summed E-state index contributed by atoms with van der Waals surface area (Å²) in [6.45, 7) is 2.91. The number of amides is 3. The molecule has 1 saturated carbocycles. The van der Waals surface area contributed by atoms with Crippen molar-refractivity contribution in [3.8, 4) is 0 Å². The Morgan fingerprint density at radius 2 is 1.72 bits per heavy atom. The average Bonchev–Trinajstić information content (AvgIpc) is 3.14. The fourth-order valence-electron chi connectivity index (χ4n) is 3.10. The first-order chi connectivity index (χ1) is 13.7. The molecular weight excluding hydrogens is 396 g/mol. The van der Waals surface area contributed by atoms with Crippen molar-refractivity contribution in [3.63, 3.8) is 0 Å². The molecule has 0 radical (unpaired) electrons. The molecule has 29 heavy (non-hydrogen) atoms. The van der Waals surface area contributed by atoms with Crippen LogP contribution in [0.1, 0.15) is 46.0 Å². The highest BCUT2D eigenvalue weighted by molar-refractivity contribution is 7.89. The highest BCUT2D eigenvalue weighted by Gasteiger charge is 2.22. The summed E-state index contributed by atoms with van der Waals surface area (Å²) in [5.74, 6) is -0.900. The van der Waals surface area contributed by atoms with E-state index in [1.54, 1.807) is 0 Å². The summed E-state index contributed by atoms with van der Waals surface area (Å²) in [7, 11) is -3.91. The summed E-state index contributed by atoms with van der Waals surface area (Å²) in [6, 6.07) is 4.82. The van der Waals surface area contributed by atoms with Gasteiger partial charge < -0.3 is 16.0 Å². The van der Waals surface area contributed by atoms with Gasteiger partial charge in [0, 0.05) is 31.6 Å². The number of hydrogen-bond acceptors (Lipinski definition) is 5. The molecule has 4 N–H and O–H groups in total. The monoisotopic (exact) mass is 424 g/mol. The molecule has 0 spiro atoms. The summed E-state index contributed by atoms with van der Waals surface area (Å²) in [4.78, 5) is 35.0. The molecule has 0 aliphatic heterocycles. The van der Waals surface area contributed by atoms with Gasteiger partial charge in [0.05, 0.1) is 10.9 Å². The van der Waals surface area contributed by atoms with Crippen molar-refractivity contribution in [2.24, 2.45) is 0 Å². The number of carbonyl (C=O) groups excluding carboxylic acids is 3. The normalized spacial score (nSPS) is 15.5. The second-order valence-corrected chi connectivity index (χ2v) is 8.85. The first-order valence-corrected chi connectivity index (χ1v) is 11.1. The van der Waals surface area contributed by atoms with Crippen LogP contribution in [0.2, 0.25) is 0 Å². The molecule has 160 valence electrons. The number of hydrogen-bond donors (Lipinski definition) is 4. The smallest absolute Gasteiger partial charge is 0.241 e. The van der Waals surface area contributed by atoms with E-state index in [4.69, 9.17) is 0 Å². The summed E-state index contributed by atoms with van der Waals surface area (Å²) in [5, 5.41) is 8.04. The molecule has 0 unspecified atom stereocenters. The van der Waals surface area contributed by atoms with E-state index in [2.05, 4.69) is 20.7 Å². The lowest BCUT2D eigenvalue weighted by Crippen LogP contribution is -2.45. The molecule has 1 fully saturated rings. The van der Waals surface area contributed by atoms with E-state index in [0.29, 0.717) is 5.69 Å². The van der Waals surface area contributed by atoms with Crippen LogP contribution in [0, 0.1) is 0 Å². The fraction of sp³-hybridized carbons (Fsp3) is 0.526. The van der Waals surface area contributed by atoms with E-state index in [0.717, 1.165) is 25.7 Å². The minimum Gasteiger partial charge on any atom is -0.354 e. The van der Waals surface area contributed by atoms with Crippen molar-refractivity contribution in [2.45, 2.75) is 62.9 Å². The SMILES string of the molecule is CC(=O)Nc1ccc(S(=O)(=O)N[C@@H](C)C(=O)NCCC(=O)NC2CCCC2)cc1. The van der Waals surface area contributed by atoms with Gasteiger partial charge in [0.2, 0.25) is 27.7 Å². The molecule has 1 aromatic carbocycles. The van der Waals surface area contributed by atoms with Crippen LogP contribution in [0.3, 0.4) is 0 Å². The van der Waals surface area contributed by atoms with E-state index >= 15 is 0 Å². The van der Waals surface area contributed by atoms with Crippen LogP contribution in [0.5, 0.6) is 0 Å². The Balaban J connectivity index is 1.79. The number of sulfonamides is 1. The van der Waals surface area contributed by atoms with Crippen molar-refractivity contribution in [1.82, 2.24) is 15.4 Å². The van der Waals surface area contributed by atoms with Gasteiger partial charge in [-0.1, -0.05) is 12.8 Å². The third-order valence-electron chi connectivity index (χ3n) is 4.58. The van der Waals surface area contributed by atoms with E-state index in [9.17, 15) is 22.8 Å². The van der Waals surface area contributed by atoms with Gasteiger partial charge in [0.1, 0.15) is 0 Å². The predicted molar refractivity (Wildman–Crippen MR) is 109 cm³/mol. The lowest BCUT2D eigenvalue weighted by Gasteiger charge is -2.15. The minimum atomic E-state index is -3.91. The Labute approximate surface area is 171 Å². The average molecular weight is 425 g/mol. The second kappa shape index (κ2) is 10.4. The zero-order valence-corrected chi connectivity index (χ0v) is 17.5. The van der Waals surface area contributed by atoms with Crippen LogP contribution in [0.4, 0.5) is 5.69 Å². The van der Waals surface area contributed by atoms with E-state index in [-0.39, 0.29) is 35.7 Å². The van der Waals surface area contributed by atoms with E-state index < -0.39 is 22.0 Å². The molecule has 1 atom stereocenters. The van der Waals surface area contributed by atoms with Gasteiger partial charge in [-0.15, -0.1) is 0 Å². The topological polar surface area (TPSA) is 133 Å². The van der Waals surface area contributed by atoms with Gasteiger partial charge in [-0.3, -0.25) is 14.4 Å². The fourth-order valence-corrected chi connectivity index (χ4v) is 4.30. The highest BCUT2D eigenvalue weighted by atomic mass is 32.2. The van der Waals surface area contributed by atoms with Crippen molar-refractivity contribution in [1.29, 1.82) is 0 Å². The van der Waals surface area contributed by atoms with Gasteiger partial charge in [0.15, 0.2) is 0 Å². The Bertz CT molecular complexity index is 833. The van der Waals surface area contributed by atoms with Gasteiger partial charge in [-0.25, -0.2) is 8.42 Å². The maximum atomic E-state index is 12.4. The molecule has 9 nitrogen and oxygen atoms in total. The van der Waals surface area contributed by atoms with Crippen LogP contribution >= 0.6 is 0 Å². The summed E-state index contributed by atoms with van der Waals surface area (Å²) >= 11 is 0. The minimum absolute atomic E-state index is 0.0257. The molecule has 1 aliphatic carbocycles. The molecule has 10 heteroatoms. The first kappa shape index (κ1) is 22.8. The Morgan fingerprint density at radius 1 is 1.10 bits per heavy atom. The molecule has 2 rings (SSSR count). The zero-order chi connectivity index (χ0) is 21.4. The largest absolute Gasteiger partial charge is 0.354 e. The lowest BCUT2D eigenvalue weighted by atomic mass is 10.2. The molecule has 1 aliphatic rings. The van der Waals surface area contributed by atoms with Gasteiger partial charge in [-0.2, -0.15) is 4.72 Å². The molecule has 0 saturated heterocycles. The number of rotatable bonds is 9. The molecular formula is C19H28N4O5S. The number of nitrogens with one attached hydrogen (secondary N) is 4. The highest BCUT2D eigenvalue weighted by Crippen LogP contribution is 2.17. The standard InChI is InChI=1S/C19H28N4O5S/c1-13(19(26)20-12-11-18(25)22-15-5-3-4-6-15)23-29(27,28)17-9-7-16(8-10-17)21-14(2)24/h7-10,13,15,23H,3-6,11-12H2,1-2H3,(H,20,26)(H,21,24)(H,22,25)/t13-/m0/s1. The molecule has 1 aromatic rings. The van der Waals surface area contributed by atoms with Crippen molar-refractivity contribution in [3.05, 3.63) is 24.3 Å². The van der Waals surface area contributed by atoms with Crippen LogP contribution in [-0.4, -0.2) is 44.8 Å². The van der Waals surface area contributed by atoms with E-state index in [1.165, 1.54) is 38.1 Å². The van der Waals surface area contributed by atoms with Crippen molar-refractivity contribution < 1.29 is 22.8 Å². The molecule has 0 aromatic heterocycles. The third kappa shape index (κ3) is 7.47. The van der Waals surface area contributed by atoms with Crippen LogP contribution in [0.25, 0.3) is 0 Å². The summed E-state index contributed by atoms with van der Waals surface area (Å²) in [6.07, 6.45) is 4.36. The first-order valence-electron chi connectivity index (χ1n) is 9.64. The Hall–Kier alpha value is -2.46. The lowest BCUT2D eigenvalue weighted by molar-refractivity contribution is -0.123. The number of carbonyl (C=O) groups is 3. The van der Waals surface area contributed by atoms with Crippen LogP contribution < -0.4 is 20.7 Å². The summed E-state index contributed by atoms with van der Waals surface area (Å²) < 4.78 is 27.1. The van der Waals surface area contributed by atoms with Crippen molar-refractivity contribution in [2.75, 3.05) is 11.9 Å². The van der Waals surface area contributed by atoms with Crippen LogP contribution in [-0.2, 0) is 24.4 Å². The zero-order valence-electron chi connectivity index (χ0n) is 16.7. The number of anilines is 1. The van der Waals surface area contributed by atoms with Crippen molar-refractivity contribution >= 4 is 33.4 Å². The molecule has 0 heterocycles. The Morgan fingerprint density at radius 3 is 2.31 bits per heavy atom. The predicted octanol–water partition coefficient (Wildman–Crippen LogP) is 0.877.